The van der Waals surface area contributed by atoms with Crippen molar-refractivity contribution in [1.82, 2.24) is 4.90 Å². The van der Waals surface area contributed by atoms with Gasteiger partial charge in [-0.1, -0.05) is 6.92 Å². The Labute approximate surface area is 120 Å². The molecule has 1 amide bonds. The first-order valence-corrected chi connectivity index (χ1v) is 6.96. The molecule has 19 heavy (non-hydrogen) atoms. The maximum atomic E-state index is 12.4. The highest BCUT2D eigenvalue weighted by atomic mass is 79.9. The molecule has 0 fully saturated rings. The van der Waals surface area contributed by atoms with Crippen molar-refractivity contribution < 1.29 is 9.72 Å². The number of hydrogen-bond donors (Lipinski definition) is 0. The van der Waals surface area contributed by atoms with E-state index in [2.05, 4.69) is 15.9 Å². The molecular formula is C13H17BrN2O3. The smallest absolute Gasteiger partial charge is 0.270 e. The third kappa shape index (κ3) is 3.53. The molecule has 0 spiro atoms. The summed E-state index contributed by atoms with van der Waals surface area (Å²) in [5.41, 5.74) is 0.253. The fourth-order valence-corrected chi connectivity index (χ4v) is 2.24. The van der Waals surface area contributed by atoms with E-state index < -0.39 is 4.92 Å². The molecule has 1 unspecified atom stereocenters. The fourth-order valence-electron chi connectivity index (χ4n) is 1.82. The largest absolute Gasteiger partial charge is 0.336 e. The van der Waals surface area contributed by atoms with Gasteiger partial charge in [0.25, 0.3) is 11.6 Å². The van der Waals surface area contributed by atoms with Crippen molar-refractivity contribution in [1.29, 1.82) is 0 Å². The molecule has 0 N–H and O–H groups in total. The quantitative estimate of drug-likeness (QED) is 0.612. The van der Waals surface area contributed by atoms with Gasteiger partial charge in [-0.15, -0.1) is 0 Å². The van der Waals surface area contributed by atoms with Crippen LogP contribution in [0.1, 0.15) is 37.6 Å². The van der Waals surface area contributed by atoms with E-state index in [1.165, 1.54) is 18.2 Å². The van der Waals surface area contributed by atoms with Gasteiger partial charge < -0.3 is 4.90 Å². The summed E-state index contributed by atoms with van der Waals surface area (Å²) in [6.45, 7) is 6.44. The summed E-state index contributed by atoms with van der Waals surface area (Å²) in [5, 5.41) is 10.8. The Morgan fingerprint density at radius 3 is 2.58 bits per heavy atom. The van der Waals surface area contributed by atoms with Crippen LogP contribution in [-0.4, -0.2) is 28.3 Å². The number of carbonyl (C=O) groups is 1. The van der Waals surface area contributed by atoms with Crippen LogP contribution in [0.5, 0.6) is 0 Å². The van der Waals surface area contributed by atoms with Crippen molar-refractivity contribution in [2.75, 3.05) is 6.54 Å². The maximum absolute atomic E-state index is 12.4. The van der Waals surface area contributed by atoms with E-state index in [9.17, 15) is 14.9 Å². The average molecular weight is 329 g/mol. The summed E-state index contributed by atoms with van der Waals surface area (Å²) < 4.78 is 0.574. The van der Waals surface area contributed by atoms with Gasteiger partial charge in [-0.05, 0) is 42.3 Å². The molecule has 1 aromatic rings. The Morgan fingerprint density at radius 2 is 2.11 bits per heavy atom. The van der Waals surface area contributed by atoms with Crippen molar-refractivity contribution in [2.45, 2.75) is 33.2 Å². The van der Waals surface area contributed by atoms with E-state index in [0.717, 1.165) is 6.42 Å². The van der Waals surface area contributed by atoms with Gasteiger partial charge in [-0.3, -0.25) is 14.9 Å². The molecule has 0 heterocycles. The summed E-state index contributed by atoms with van der Waals surface area (Å²) in [5.74, 6) is -0.188. The summed E-state index contributed by atoms with van der Waals surface area (Å²) in [7, 11) is 0. The van der Waals surface area contributed by atoms with E-state index in [1.54, 1.807) is 4.90 Å². The lowest BCUT2D eigenvalue weighted by Gasteiger charge is -2.27. The van der Waals surface area contributed by atoms with E-state index >= 15 is 0 Å². The SMILES string of the molecule is CCC(C)N(CC)C(=O)c1cc([N+](=O)[O-])ccc1Br. The Bertz CT molecular complexity index is 491. The van der Waals surface area contributed by atoms with Gasteiger partial charge in [-0.2, -0.15) is 0 Å². The van der Waals surface area contributed by atoms with Crippen LogP contribution in [0.25, 0.3) is 0 Å². The number of rotatable bonds is 5. The number of nitro groups is 1. The average Bonchev–Trinajstić information content (AvgIpc) is 2.39. The molecule has 6 heteroatoms. The molecule has 1 aromatic carbocycles. The lowest BCUT2D eigenvalue weighted by Crippen LogP contribution is -2.38. The van der Waals surface area contributed by atoms with Crippen molar-refractivity contribution in [3.8, 4) is 0 Å². The summed E-state index contributed by atoms with van der Waals surface area (Å²) >= 11 is 3.28. The summed E-state index contributed by atoms with van der Waals surface area (Å²) in [6, 6.07) is 4.33. The molecule has 0 saturated carbocycles. The first-order valence-electron chi connectivity index (χ1n) is 6.17. The Kier molecular flexibility index (Phi) is 5.47. The van der Waals surface area contributed by atoms with Gasteiger partial charge in [0.1, 0.15) is 0 Å². The van der Waals surface area contributed by atoms with Crippen LogP contribution in [0.15, 0.2) is 22.7 Å². The molecule has 5 nitrogen and oxygen atoms in total. The van der Waals surface area contributed by atoms with Gasteiger partial charge in [0.05, 0.1) is 10.5 Å². The molecule has 0 saturated heterocycles. The fraction of sp³-hybridized carbons (Fsp3) is 0.462. The van der Waals surface area contributed by atoms with Crippen LogP contribution < -0.4 is 0 Å². The molecule has 0 aliphatic heterocycles. The topological polar surface area (TPSA) is 63.5 Å². The van der Waals surface area contributed by atoms with Crippen LogP contribution in [-0.2, 0) is 0 Å². The van der Waals surface area contributed by atoms with Gasteiger partial charge in [-0.25, -0.2) is 0 Å². The number of nitrogens with zero attached hydrogens (tertiary/aromatic N) is 2. The second-order valence-corrected chi connectivity index (χ2v) is 5.12. The zero-order valence-electron chi connectivity index (χ0n) is 11.2. The van der Waals surface area contributed by atoms with Crippen molar-refractivity contribution >= 4 is 27.5 Å². The number of amides is 1. The summed E-state index contributed by atoms with van der Waals surface area (Å²) in [4.78, 5) is 24.4. The van der Waals surface area contributed by atoms with Crippen LogP contribution in [0.2, 0.25) is 0 Å². The van der Waals surface area contributed by atoms with Crippen molar-refractivity contribution in [3.63, 3.8) is 0 Å². The monoisotopic (exact) mass is 328 g/mol. The number of carbonyl (C=O) groups excluding carboxylic acids is 1. The van der Waals surface area contributed by atoms with Crippen molar-refractivity contribution in [3.05, 3.63) is 38.3 Å². The third-order valence-electron chi connectivity index (χ3n) is 3.12. The van der Waals surface area contributed by atoms with Crippen LogP contribution in [0.4, 0.5) is 5.69 Å². The predicted octanol–water partition coefficient (Wildman–Crippen LogP) is 3.62. The second kappa shape index (κ2) is 6.65. The lowest BCUT2D eigenvalue weighted by atomic mass is 10.1. The molecule has 0 radical (unpaired) electrons. The first-order chi connectivity index (χ1) is 8.92. The molecule has 0 bridgehead atoms. The first kappa shape index (κ1) is 15.6. The molecular weight excluding hydrogens is 312 g/mol. The summed E-state index contributed by atoms with van der Waals surface area (Å²) in [6.07, 6.45) is 0.839. The molecule has 0 aliphatic rings. The third-order valence-corrected chi connectivity index (χ3v) is 3.81. The molecule has 0 aliphatic carbocycles. The molecule has 0 aromatic heterocycles. The van der Waals surface area contributed by atoms with Crippen LogP contribution in [0, 0.1) is 10.1 Å². The number of nitro benzene ring substituents is 1. The molecule has 1 rings (SSSR count). The van der Waals surface area contributed by atoms with E-state index in [4.69, 9.17) is 0 Å². The Morgan fingerprint density at radius 1 is 1.47 bits per heavy atom. The Balaban J connectivity index is 3.17. The normalized spacial score (nSPS) is 12.0. The minimum Gasteiger partial charge on any atom is -0.336 e. The molecule has 1 atom stereocenters. The predicted molar refractivity (Wildman–Crippen MR) is 77.3 cm³/mol. The minimum atomic E-state index is -0.497. The van der Waals surface area contributed by atoms with Crippen LogP contribution >= 0.6 is 15.9 Å². The Hall–Kier alpha value is -1.43. The van der Waals surface area contributed by atoms with E-state index in [1.807, 2.05) is 20.8 Å². The van der Waals surface area contributed by atoms with Crippen molar-refractivity contribution in [2.24, 2.45) is 0 Å². The highest BCUT2D eigenvalue weighted by molar-refractivity contribution is 9.10. The number of non-ortho nitro benzene ring substituents is 1. The standard InChI is InChI=1S/C13H17BrN2O3/c1-4-9(3)15(5-2)13(17)11-8-10(16(18)19)6-7-12(11)14/h6-9H,4-5H2,1-3H3. The second-order valence-electron chi connectivity index (χ2n) is 4.27. The van der Waals surface area contributed by atoms with Crippen LogP contribution in [0.3, 0.4) is 0 Å². The number of benzene rings is 1. The van der Waals surface area contributed by atoms with E-state index in [0.29, 0.717) is 16.6 Å². The van der Waals surface area contributed by atoms with E-state index in [-0.39, 0.29) is 17.6 Å². The van der Waals surface area contributed by atoms with Gasteiger partial charge in [0, 0.05) is 29.2 Å². The minimum absolute atomic E-state index is 0.0771. The van der Waals surface area contributed by atoms with Gasteiger partial charge >= 0.3 is 0 Å². The highest BCUT2D eigenvalue weighted by Crippen LogP contribution is 2.24. The van der Waals surface area contributed by atoms with Gasteiger partial charge in [0.15, 0.2) is 0 Å². The highest BCUT2D eigenvalue weighted by Gasteiger charge is 2.22. The number of hydrogen-bond acceptors (Lipinski definition) is 3. The maximum Gasteiger partial charge on any atom is 0.270 e. The zero-order chi connectivity index (χ0) is 14.6. The molecule has 104 valence electrons. The lowest BCUT2D eigenvalue weighted by molar-refractivity contribution is -0.384. The van der Waals surface area contributed by atoms with Gasteiger partial charge in [0.2, 0.25) is 0 Å². The zero-order valence-corrected chi connectivity index (χ0v) is 12.8. The number of halogens is 1.